The van der Waals surface area contributed by atoms with Gasteiger partial charge in [0.15, 0.2) is 5.90 Å². The monoisotopic (exact) mass is 217 g/mol. The minimum absolute atomic E-state index is 0.672. The van der Waals surface area contributed by atoms with E-state index in [1.54, 1.807) is 0 Å². The first-order valence-corrected chi connectivity index (χ1v) is 6.34. The summed E-state index contributed by atoms with van der Waals surface area (Å²) in [5.41, 5.74) is 0. The van der Waals surface area contributed by atoms with Gasteiger partial charge in [0.2, 0.25) is 0 Å². The van der Waals surface area contributed by atoms with Crippen molar-refractivity contribution in [2.75, 3.05) is 13.2 Å². The first kappa shape index (κ1) is 20.0. The highest BCUT2D eigenvalue weighted by atomic mass is 16.5. The molecule has 0 bridgehead atoms. The highest BCUT2D eigenvalue weighted by Gasteiger charge is 1.96. The molecule has 0 heterocycles. The number of hydrogen-bond donors (Lipinski definition) is 0. The summed E-state index contributed by atoms with van der Waals surface area (Å²) in [6, 6.07) is 0. The zero-order valence-corrected chi connectivity index (χ0v) is 12.1. The van der Waals surface area contributed by atoms with Crippen LogP contribution in [0.1, 0.15) is 61.8 Å². The van der Waals surface area contributed by atoms with Crippen LogP contribution in [-0.4, -0.2) is 19.0 Å². The van der Waals surface area contributed by atoms with Gasteiger partial charge in [-0.2, -0.15) is 0 Å². The average molecular weight is 217 g/mol. The third-order valence-corrected chi connectivity index (χ3v) is 1.68. The molecule has 15 heavy (non-hydrogen) atoms. The number of rotatable bonds is 4. The maximum Gasteiger partial charge on any atom is 0.179 e. The topological polar surface area (TPSA) is 21.6 Å². The molecule has 0 aliphatic heterocycles. The van der Waals surface area contributed by atoms with Crippen molar-refractivity contribution in [1.82, 2.24) is 0 Å². The molecular weight excluding hydrogens is 186 g/mol. The van der Waals surface area contributed by atoms with E-state index < -0.39 is 0 Å². The van der Waals surface area contributed by atoms with Gasteiger partial charge >= 0.3 is 0 Å². The SMILES string of the molecule is CC.CC.CCOC(C)=NCC(C)CC. The molecule has 0 aromatic heterocycles. The van der Waals surface area contributed by atoms with E-state index in [-0.39, 0.29) is 0 Å². The van der Waals surface area contributed by atoms with E-state index in [4.69, 9.17) is 4.74 Å². The van der Waals surface area contributed by atoms with Crippen LogP contribution in [0.25, 0.3) is 0 Å². The number of aliphatic imine (C=N–C) groups is 1. The summed E-state index contributed by atoms with van der Waals surface area (Å²) in [6.07, 6.45) is 1.18. The van der Waals surface area contributed by atoms with Crippen LogP contribution in [0, 0.1) is 5.92 Å². The van der Waals surface area contributed by atoms with Crippen molar-refractivity contribution in [2.24, 2.45) is 10.9 Å². The maximum atomic E-state index is 5.19. The summed E-state index contributed by atoms with van der Waals surface area (Å²) >= 11 is 0. The fourth-order valence-corrected chi connectivity index (χ4v) is 0.668. The van der Waals surface area contributed by atoms with E-state index in [1.807, 2.05) is 41.5 Å². The zero-order chi connectivity index (χ0) is 12.7. The Kier molecular flexibility index (Phi) is 25.4. The summed E-state index contributed by atoms with van der Waals surface area (Å²) < 4.78 is 5.19. The first-order chi connectivity index (χ1) is 7.20. The van der Waals surface area contributed by atoms with Gasteiger partial charge in [-0.3, -0.25) is 4.99 Å². The van der Waals surface area contributed by atoms with Crippen LogP contribution in [-0.2, 0) is 4.74 Å². The Bertz CT molecular complexity index is 122. The normalized spacial score (nSPS) is 11.6. The number of nitrogens with zero attached hydrogens (tertiary/aromatic N) is 1. The molecule has 1 atom stereocenters. The van der Waals surface area contributed by atoms with Crippen molar-refractivity contribution in [2.45, 2.75) is 61.8 Å². The standard InChI is InChI=1S/C9H19NO.2C2H6/c1-5-8(3)7-10-9(4)11-6-2;2*1-2/h8H,5-7H2,1-4H3;2*1-2H3. The molecule has 0 aliphatic carbocycles. The van der Waals surface area contributed by atoms with E-state index >= 15 is 0 Å². The van der Waals surface area contributed by atoms with Crippen LogP contribution in [0.2, 0.25) is 0 Å². The average Bonchev–Trinajstić information content (AvgIpc) is 2.31. The minimum atomic E-state index is 0.672. The third kappa shape index (κ3) is 19.8. The first-order valence-electron chi connectivity index (χ1n) is 6.34. The van der Waals surface area contributed by atoms with Crippen molar-refractivity contribution in [3.63, 3.8) is 0 Å². The molecule has 0 amide bonds. The van der Waals surface area contributed by atoms with E-state index in [0.717, 1.165) is 19.0 Å². The molecular formula is C13H31NO. The summed E-state index contributed by atoms with van der Waals surface area (Å²) in [4.78, 5) is 4.28. The summed E-state index contributed by atoms with van der Waals surface area (Å²) in [7, 11) is 0. The second-order valence-electron chi connectivity index (χ2n) is 2.81. The van der Waals surface area contributed by atoms with Crippen molar-refractivity contribution in [3.8, 4) is 0 Å². The molecule has 2 heteroatoms. The number of hydrogen-bond acceptors (Lipinski definition) is 2. The maximum absolute atomic E-state index is 5.19. The van der Waals surface area contributed by atoms with Gasteiger partial charge in [-0.05, 0) is 12.8 Å². The molecule has 0 saturated carbocycles. The predicted octanol–water partition coefficient (Wildman–Crippen LogP) is 4.54. The van der Waals surface area contributed by atoms with Crippen LogP contribution < -0.4 is 0 Å². The molecule has 1 unspecified atom stereocenters. The fraction of sp³-hybridized carbons (Fsp3) is 0.923. The second-order valence-corrected chi connectivity index (χ2v) is 2.81. The second kappa shape index (κ2) is 19.1. The van der Waals surface area contributed by atoms with Gasteiger partial charge in [0, 0.05) is 13.5 Å². The molecule has 0 spiro atoms. The highest BCUT2D eigenvalue weighted by molar-refractivity contribution is 5.72. The van der Waals surface area contributed by atoms with Gasteiger partial charge in [-0.15, -0.1) is 0 Å². The lowest BCUT2D eigenvalue weighted by Gasteiger charge is -2.05. The molecule has 94 valence electrons. The number of ether oxygens (including phenoxy) is 1. The Hall–Kier alpha value is -0.530. The predicted molar refractivity (Wildman–Crippen MR) is 71.8 cm³/mol. The van der Waals surface area contributed by atoms with E-state index in [2.05, 4.69) is 18.8 Å². The van der Waals surface area contributed by atoms with Gasteiger partial charge in [-0.25, -0.2) is 0 Å². The fourth-order valence-electron chi connectivity index (χ4n) is 0.668. The molecule has 0 aromatic carbocycles. The van der Waals surface area contributed by atoms with Gasteiger partial charge < -0.3 is 4.74 Å². The van der Waals surface area contributed by atoms with Gasteiger partial charge in [0.05, 0.1) is 6.61 Å². The van der Waals surface area contributed by atoms with Crippen LogP contribution in [0.15, 0.2) is 4.99 Å². The Morgan fingerprint density at radius 3 is 1.93 bits per heavy atom. The minimum Gasteiger partial charge on any atom is -0.481 e. The Labute approximate surface area is 97.1 Å². The van der Waals surface area contributed by atoms with Crippen molar-refractivity contribution in [3.05, 3.63) is 0 Å². The van der Waals surface area contributed by atoms with Crippen molar-refractivity contribution >= 4 is 5.90 Å². The van der Waals surface area contributed by atoms with E-state index in [1.165, 1.54) is 6.42 Å². The van der Waals surface area contributed by atoms with Crippen LogP contribution in [0.5, 0.6) is 0 Å². The third-order valence-electron chi connectivity index (χ3n) is 1.68. The smallest absolute Gasteiger partial charge is 0.179 e. The lowest BCUT2D eigenvalue weighted by Crippen LogP contribution is -2.04. The van der Waals surface area contributed by atoms with Crippen LogP contribution >= 0.6 is 0 Å². The Morgan fingerprint density at radius 2 is 1.60 bits per heavy atom. The molecule has 0 N–H and O–H groups in total. The van der Waals surface area contributed by atoms with Crippen LogP contribution in [0.3, 0.4) is 0 Å². The van der Waals surface area contributed by atoms with Gasteiger partial charge in [0.1, 0.15) is 0 Å². The summed E-state index contributed by atoms with van der Waals surface area (Å²) in [6.45, 7) is 17.9. The lowest BCUT2D eigenvalue weighted by atomic mass is 10.1. The molecule has 0 radical (unpaired) electrons. The summed E-state index contributed by atoms with van der Waals surface area (Å²) in [5, 5.41) is 0. The molecule has 0 rings (SSSR count). The van der Waals surface area contributed by atoms with Crippen molar-refractivity contribution < 1.29 is 4.74 Å². The Balaban J connectivity index is -0.000000318. The highest BCUT2D eigenvalue weighted by Crippen LogP contribution is 2.00. The molecule has 0 saturated heterocycles. The van der Waals surface area contributed by atoms with Crippen LogP contribution in [0.4, 0.5) is 0 Å². The largest absolute Gasteiger partial charge is 0.481 e. The lowest BCUT2D eigenvalue weighted by molar-refractivity contribution is 0.321. The molecule has 0 aliphatic rings. The van der Waals surface area contributed by atoms with E-state index in [0.29, 0.717) is 5.92 Å². The van der Waals surface area contributed by atoms with Crippen molar-refractivity contribution in [1.29, 1.82) is 0 Å². The van der Waals surface area contributed by atoms with Gasteiger partial charge in [0.25, 0.3) is 0 Å². The molecule has 0 fully saturated rings. The summed E-state index contributed by atoms with van der Waals surface area (Å²) in [5.74, 6) is 1.48. The Morgan fingerprint density at radius 1 is 1.13 bits per heavy atom. The quantitative estimate of drug-likeness (QED) is 0.500. The molecule has 2 nitrogen and oxygen atoms in total. The molecule has 0 aromatic rings. The van der Waals surface area contributed by atoms with E-state index in [9.17, 15) is 0 Å². The van der Waals surface area contributed by atoms with Gasteiger partial charge in [-0.1, -0.05) is 48.0 Å². The zero-order valence-electron chi connectivity index (χ0n) is 12.1.